The Hall–Kier alpha value is -1.56. The number of aromatic nitrogens is 2. The van der Waals surface area contributed by atoms with Crippen LogP contribution in [-0.4, -0.2) is 58.2 Å². The monoisotopic (exact) mass is 237 g/mol. The van der Waals surface area contributed by atoms with E-state index in [1.165, 1.54) is 6.20 Å². The van der Waals surface area contributed by atoms with Crippen molar-refractivity contribution in [1.82, 2.24) is 19.6 Å². The molecule has 0 aromatic carbocycles. The highest BCUT2D eigenvalue weighted by molar-refractivity contribution is 5.97. The molecule has 94 valence electrons. The van der Waals surface area contributed by atoms with Gasteiger partial charge in [0, 0.05) is 32.7 Å². The zero-order chi connectivity index (χ0) is 12.6. The van der Waals surface area contributed by atoms with E-state index in [2.05, 4.69) is 24.0 Å². The lowest BCUT2D eigenvalue weighted by molar-refractivity contribution is 0.0524. The second-order valence-electron chi connectivity index (χ2n) is 4.68. The highest BCUT2D eigenvalue weighted by atomic mass is 16.2. The van der Waals surface area contributed by atoms with Crippen LogP contribution < -0.4 is 5.73 Å². The molecule has 2 rings (SSSR count). The summed E-state index contributed by atoms with van der Waals surface area (Å²) >= 11 is 0. The van der Waals surface area contributed by atoms with Gasteiger partial charge in [-0.3, -0.25) is 9.48 Å². The number of nitrogen functional groups attached to an aromatic ring is 1. The average molecular weight is 237 g/mol. The molecule has 0 spiro atoms. The smallest absolute Gasteiger partial charge is 0.274 e. The number of piperazine rings is 1. The van der Waals surface area contributed by atoms with Crippen molar-refractivity contribution in [3.63, 3.8) is 0 Å². The van der Waals surface area contributed by atoms with Crippen LogP contribution in [0.3, 0.4) is 0 Å². The normalized spacial score (nSPS) is 21.8. The third-order valence-electron chi connectivity index (χ3n) is 3.26. The summed E-state index contributed by atoms with van der Waals surface area (Å²) in [5.74, 6) is -0.0249. The summed E-state index contributed by atoms with van der Waals surface area (Å²) in [7, 11) is 3.81. The Kier molecular flexibility index (Phi) is 3.06. The van der Waals surface area contributed by atoms with Crippen molar-refractivity contribution in [2.45, 2.75) is 13.0 Å². The predicted octanol–water partition coefficient (Wildman–Crippen LogP) is -0.222. The molecule has 2 N–H and O–H groups in total. The van der Waals surface area contributed by atoms with E-state index in [9.17, 15) is 4.79 Å². The molecule has 1 unspecified atom stereocenters. The maximum absolute atomic E-state index is 12.4. The van der Waals surface area contributed by atoms with Crippen molar-refractivity contribution in [3.8, 4) is 0 Å². The quantitative estimate of drug-likeness (QED) is 0.733. The largest absolute Gasteiger partial charge is 0.396 e. The van der Waals surface area contributed by atoms with E-state index in [1.807, 2.05) is 4.90 Å². The van der Waals surface area contributed by atoms with Gasteiger partial charge in [0.05, 0.1) is 11.9 Å². The third kappa shape index (κ3) is 2.12. The lowest BCUT2D eigenvalue weighted by Crippen LogP contribution is -2.53. The van der Waals surface area contributed by atoms with Crippen LogP contribution in [0, 0.1) is 0 Å². The van der Waals surface area contributed by atoms with Crippen molar-refractivity contribution in [2.24, 2.45) is 7.05 Å². The van der Waals surface area contributed by atoms with Crippen LogP contribution in [0.25, 0.3) is 0 Å². The fourth-order valence-electron chi connectivity index (χ4n) is 2.29. The van der Waals surface area contributed by atoms with Gasteiger partial charge < -0.3 is 15.5 Å². The zero-order valence-corrected chi connectivity index (χ0v) is 10.6. The molecule has 0 aliphatic carbocycles. The van der Waals surface area contributed by atoms with Crippen molar-refractivity contribution in [1.29, 1.82) is 0 Å². The number of amides is 1. The number of rotatable bonds is 1. The molecule has 1 aromatic heterocycles. The Labute approximate surface area is 101 Å². The first kappa shape index (κ1) is 11.9. The van der Waals surface area contributed by atoms with Gasteiger partial charge in [0.2, 0.25) is 0 Å². The Bertz CT molecular complexity index is 408. The van der Waals surface area contributed by atoms with Crippen molar-refractivity contribution in [2.75, 3.05) is 32.4 Å². The van der Waals surface area contributed by atoms with Gasteiger partial charge in [0.25, 0.3) is 5.91 Å². The summed E-state index contributed by atoms with van der Waals surface area (Å²) < 4.78 is 1.54. The van der Waals surface area contributed by atoms with E-state index in [4.69, 9.17) is 5.73 Å². The number of nitrogens with two attached hydrogens (primary N) is 1. The molecule has 1 fully saturated rings. The number of hydrogen-bond donors (Lipinski definition) is 1. The van der Waals surface area contributed by atoms with Crippen molar-refractivity contribution in [3.05, 3.63) is 11.9 Å². The highest BCUT2D eigenvalue weighted by Crippen LogP contribution is 2.16. The summed E-state index contributed by atoms with van der Waals surface area (Å²) in [6.07, 6.45) is 1.52. The second kappa shape index (κ2) is 4.37. The van der Waals surface area contributed by atoms with Crippen LogP contribution in [0.15, 0.2) is 6.20 Å². The minimum Gasteiger partial charge on any atom is -0.396 e. The summed E-state index contributed by atoms with van der Waals surface area (Å²) in [5, 5.41) is 4.01. The number of nitrogens with zero attached hydrogens (tertiary/aromatic N) is 4. The lowest BCUT2D eigenvalue weighted by atomic mass is 10.1. The van der Waals surface area contributed by atoms with Crippen LogP contribution in [0.5, 0.6) is 0 Å². The highest BCUT2D eigenvalue weighted by Gasteiger charge is 2.29. The molecule has 1 aromatic rings. The molecular weight excluding hydrogens is 218 g/mol. The first-order valence-electron chi connectivity index (χ1n) is 5.77. The van der Waals surface area contributed by atoms with E-state index in [-0.39, 0.29) is 11.9 Å². The first-order chi connectivity index (χ1) is 8.00. The molecule has 2 heterocycles. The molecule has 6 heteroatoms. The van der Waals surface area contributed by atoms with E-state index >= 15 is 0 Å². The van der Waals surface area contributed by atoms with E-state index in [1.54, 1.807) is 11.7 Å². The Morgan fingerprint density at radius 2 is 2.18 bits per heavy atom. The van der Waals surface area contributed by atoms with Crippen molar-refractivity contribution < 1.29 is 4.79 Å². The van der Waals surface area contributed by atoms with Gasteiger partial charge in [-0.25, -0.2) is 0 Å². The predicted molar refractivity (Wildman–Crippen MR) is 65.6 cm³/mol. The number of aryl methyl sites for hydroxylation is 1. The van der Waals surface area contributed by atoms with Crippen LogP contribution in [0.1, 0.15) is 17.4 Å². The van der Waals surface area contributed by atoms with Crippen LogP contribution >= 0.6 is 0 Å². The van der Waals surface area contributed by atoms with Gasteiger partial charge in [-0.2, -0.15) is 5.10 Å². The Morgan fingerprint density at radius 3 is 2.71 bits per heavy atom. The maximum atomic E-state index is 12.4. The number of likely N-dealkylation sites (N-methyl/N-ethyl adjacent to an activating group) is 1. The molecule has 0 saturated carbocycles. The van der Waals surface area contributed by atoms with Gasteiger partial charge in [0.15, 0.2) is 0 Å². The summed E-state index contributed by atoms with van der Waals surface area (Å²) in [6, 6.07) is 0.204. The maximum Gasteiger partial charge on any atom is 0.274 e. The molecule has 6 nitrogen and oxygen atoms in total. The first-order valence-corrected chi connectivity index (χ1v) is 5.77. The van der Waals surface area contributed by atoms with Crippen molar-refractivity contribution >= 4 is 11.6 Å². The molecule has 1 aliphatic rings. The van der Waals surface area contributed by atoms with E-state index in [0.29, 0.717) is 11.4 Å². The van der Waals surface area contributed by atoms with Gasteiger partial charge in [0.1, 0.15) is 5.69 Å². The van der Waals surface area contributed by atoms with Crippen LogP contribution in [0.4, 0.5) is 5.69 Å². The molecule has 0 bridgehead atoms. The van der Waals surface area contributed by atoms with Gasteiger partial charge in [-0.05, 0) is 14.0 Å². The number of carbonyl (C=O) groups is 1. The zero-order valence-electron chi connectivity index (χ0n) is 10.6. The molecule has 17 heavy (non-hydrogen) atoms. The number of hydrogen-bond acceptors (Lipinski definition) is 4. The van der Waals surface area contributed by atoms with Gasteiger partial charge in [-0.15, -0.1) is 0 Å². The average Bonchev–Trinajstić information content (AvgIpc) is 2.58. The number of anilines is 1. The fourth-order valence-corrected chi connectivity index (χ4v) is 2.29. The molecule has 1 aliphatic heterocycles. The van der Waals surface area contributed by atoms with E-state index < -0.39 is 0 Å². The van der Waals surface area contributed by atoms with Crippen LogP contribution in [-0.2, 0) is 7.05 Å². The lowest BCUT2D eigenvalue weighted by Gasteiger charge is -2.38. The van der Waals surface area contributed by atoms with Gasteiger partial charge in [-0.1, -0.05) is 0 Å². The summed E-state index contributed by atoms with van der Waals surface area (Å²) in [6.45, 7) is 4.58. The SMILES string of the molecule is CC1CN(C)CCN1C(=O)c1c(N)cnn1C. The Balaban J connectivity index is 2.21. The molecule has 0 radical (unpaired) electrons. The second-order valence-corrected chi connectivity index (χ2v) is 4.68. The third-order valence-corrected chi connectivity index (χ3v) is 3.26. The molecule has 1 saturated heterocycles. The standard InChI is InChI=1S/C11H19N5O/c1-8-7-14(2)4-5-16(8)11(17)10-9(12)6-13-15(10)3/h6,8H,4-5,7,12H2,1-3H3. The van der Waals surface area contributed by atoms with Crippen LogP contribution in [0.2, 0.25) is 0 Å². The summed E-state index contributed by atoms with van der Waals surface area (Å²) in [5.41, 5.74) is 6.72. The minimum absolute atomic E-state index is 0.0249. The van der Waals surface area contributed by atoms with Gasteiger partial charge >= 0.3 is 0 Å². The minimum atomic E-state index is -0.0249. The molecule has 1 amide bonds. The topological polar surface area (TPSA) is 67.4 Å². The molecular formula is C11H19N5O. The summed E-state index contributed by atoms with van der Waals surface area (Å²) in [4.78, 5) is 16.5. The van der Waals surface area contributed by atoms with E-state index in [0.717, 1.165) is 19.6 Å². The number of carbonyl (C=O) groups excluding carboxylic acids is 1. The molecule has 1 atom stereocenters. The fraction of sp³-hybridized carbons (Fsp3) is 0.636. The Morgan fingerprint density at radius 1 is 1.47 bits per heavy atom.